The molecular formula is C22H25ClN4. The van der Waals surface area contributed by atoms with Gasteiger partial charge in [0.15, 0.2) is 0 Å². The third-order valence-electron chi connectivity index (χ3n) is 4.47. The Bertz CT molecular complexity index is 1100. The molecule has 0 radical (unpaired) electrons. The van der Waals surface area contributed by atoms with Crippen LogP contribution < -0.4 is 0 Å². The van der Waals surface area contributed by atoms with Crippen molar-refractivity contribution < 1.29 is 0 Å². The van der Waals surface area contributed by atoms with E-state index in [1.807, 2.05) is 45.4 Å². The molecule has 0 aliphatic heterocycles. The van der Waals surface area contributed by atoms with Crippen molar-refractivity contribution in [3.05, 3.63) is 58.9 Å². The van der Waals surface area contributed by atoms with Gasteiger partial charge in [-0.15, -0.1) is 0 Å². The molecule has 4 aromatic rings. The van der Waals surface area contributed by atoms with Crippen LogP contribution in [0.25, 0.3) is 27.7 Å². The summed E-state index contributed by atoms with van der Waals surface area (Å²) in [5, 5.41) is 1.51. The number of nitrogens with zero attached hydrogens (tertiary/aromatic N) is 4. The highest BCUT2D eigenvalue weighted by atomic mass is 35.5. The molecule has 4 heterocycles. The molecule has 0 atom stereocenters. The highest BCUT2D eigenvalue weighted by Crippen LogP contribution is 2.32. The lowest BCUT2D eigenvalue weighted by Gasteiger charge is -2.11. The Labute approximate surface area is 165 Å². The van der Waals surface area contributed by atoms with Crippen molar-refractivity contribution in [3.63, 3.8) is 0 Å². The quantitative estimate of drug-likeness (QED) is 0.398. The second kappa shape index (κ2) is 8.05. The summed E-state index contributed by atoms with van der Waals surface area (Å²) in [6.07, 6.45) is 7.90. The lowest BCUT2D eigenvalue weighted by molar-refractivity contribution is 0.881. The van der Waals surface area contributed by atoms with Gasteiger partial charge < -0.3 is 0 Å². The van der Waals surface area contributed by atoms with Gasteiger partial charge in [0.25, 0.3) is 0 Å². The summed E-state index contributed by atoms with van der Waals surface area (Å²) in [5.74, 6) is 0. The summed E-state index contributed by atoms with van der Waals surface area (Å²) >= 11 is 6.10. The van der Waals surface area contributed by atoms with Gasteiger partial charge in [-0.2, -0.15) is 0 Å². The van der Waals surface area contributed by atoms with E-state index in [-0.39, 0.29) is 0 Å². The van der Waals surface area contributed by atoms with Crippen LogP contribution in [-0.4, -0.2) is 19.4 Å². The van der Waals surface area contributed by atoms with Gasteiger partial charge in [0.1, 0.15) is 10.8 Å². The van der Waals surface area contributed by atoms with Crippen LogP contribution in [0.15, 0.2) is 36.8 Å². The summed E-state index contributed by atoms with van der Waals surface area (Å²) in [6, 6.07) is 6.18. The summed E-state index contributed by atoms with van der Waals surface area (Å²) in [7, 11) is 0. The van der Waals surface area contributed by atoms with Crippen LogP contribution in [0, 0.1) is 13.8 Å². The minimum atomic E-state index is 0.481. The predicted molar refractivity (Wildman–Crippen MR) is 114 cm³/mol. The van der Waals surface area contributed by atoms with E-state index in [9.17, 15) is 0 Å². The molecule has 4 rings (SSSR count). The molecular weight excluding hydrogens is 356 g/mol. The van der Waals surface area contributed by atoms with Gasteiger partial charge in [0.2, 0.25) is 0 Å². The van der Waals surface area contributed by atoms with Crippen LogP contribution in [0.2, 0.25) is 5.15 Å². The molecule has 0 unspecified atom stereocenters. The SMILES string of the molecule is CC.CCCc1cc(C)c(-c2cc3cnc(Cl)cc3n3cc(C)nc23)cn1. The number of aryl methyl sites for hydroxylation is 3. The molecule has 0 fully saturated rings. The lowest BCUT2D eigenvalue weighted by Crippen LogP contribution is -1.96. The van der Waals surface area contributed by atoms with E-state index in [0.717, 1.165) is 51.9 Å². The first-order chi connectivity index (χ1) is 13.1. The van der Waals surface area contributed by atoms with E-state index in [1.54, 1.807) is 0 Å². The number of hydrogen-bond acceptors (Lipinski definition) is 3. The lowest BCUT2D eigenvalue weighted by atomic mass is 10.0. The second-order valence-electron chi connectivity index (χ2n) is 6.44. The molecule has 0 aromatic carbocycles. The molecule has 0 aliphatic carbocycles. The Kier molecular flexibility index (Phi) is 5.76. The van der Waals surface area contributed by atoms with Crippen LogP contribution >= 0.6 is 11.6 Å². The number of rotatable bonds is 3. The van der Waals surface area contributed by atoms with Crippen molar-refractivity contribution in [2.45, 2.75) is 47.5 Å². The third-order valence-corrected chi connectivity index (χ3v) is 4.68. The molecule has 0 saturated carbocycles. The molecule has 0 amide bonds. The molecule has 4 nitrogen and oxygen atoms in total. The second-order valence-corrected chi connectivity index (χ2v) is 6.83. The largest absolute Gasteiger partial charge is 0.299 e. The van der Waals surface area contributed by atoms with Gasteiger partial charge in [0.05, 0.1) is 11.2 Å². The van der Waals surface area contributed by atoms with E-state index in [2.05, 4.69) is 40.3 Å². The summed E-state index contributed by atoms with van der Waals surface area (Å²) in [6.45, 7) is 10.3. The molecule has 27 heavy (non-hydrogen) atoms. The number of halogens is 1. The fourth-order valence-electron chi connectivity index (χ4n) is 3.33. The van der Waals surface area contributed by atoms with E-state index in [0.29, 0.717) is 5.15 Å². The van der Waals surface area contributed by atoms with Crippen molar-refractivity contribution in [2.75, 3.05) is 0 Å². The van der Waals surface area contributed by atoms with Crippen molar-refractivity contribution in [1.29, 1.82) is 0 Å². The van der Waals surface area contributed by atoms with Gasteiger partial charge in [-0.1, -0.05) is 38.8 Å². The molecule has 0 saturated heterocycles. The van der Waals surface area contributed by atoms with Crippen LogP contribution in [0.5, 0.6) is 0 Å². The number of fused-ring (bicyclic) bond motifs is 3. The average Bonchev–Trinajstić information content (AvgIpc) is 3.05. The standard InChI is InChI=1S/C20H19ClN4.C2H6/c1-4-5-15-6-12(2)17(10-22-15)16-7-14-9-23-19(21)8-18(14)25-11-13(3)24-20(16)25;1-2/h6-11H,4-5H2,1-3H3;1-2H3. The maximum atomic E-state index is 6.10. The Morgan fingerprint density at radius 1 is 1.00 bits per heavy atom. The molecule has 0 N–H and O–H groups in total. The normalized spacial score (nSPS) is 10.9. The van der Waals surface area contributed by atoms with E-state index < -0.39 is 0 Å². The molecule has 140 valence electrons. The maximum absolute atomic E-state index is 6.10. The molecule has 0 aliphatic rings. The first-order valence-electron chi connectivity index (χ1n) is 9.46. The van der Waals surface area contributed by atoms with Crippen molar-refractivity contribution in [1.82, 2.24) is 19.4 Å². The highest BCUT2D eigenvalue weighted by molar-refractivity contribution is 6.30. The van der Waals surface area contributed by atoms with Gasteiger partial charge in [0, 0.05) is 46.9 Å². The minimum absolute atomic E-state index is 0.481. The van der Waals surface area contributed by atoms with Crippen molar-refractivity contribution >= 4 is 28.2 Å². The van der Waals surface area contributed by atoms with Crippen LogP contribution in [0.1, 0.15) is 44.1 Å². The van der Waals surface area contributed by atoms with E-state index in [4.69, 9.17) is 16.6 Å². The summed E-state index contributed by atoms with van der Waals surface area (Å²) < 4.78 is 2.09. The fraction of sp³-hybridized carbons (Fsp3) is 0.318. The summed E-state index contributed by atoms with van der Waals surface area (Å²) in [4.78, 5) is 13.6. The van der Waals surface area contributed by atoms with Crippen LogP contribution in [0.4, 0.5) is 0 Å². The van der Waals surface area contributed by atoms with Gasteiger partial charge >= 0.3 is 0 Å². The Hall–Kier alpha value is -2.46. The van der Waals surface area contributed by atoms with E-state index >= 15 is 0 Å². The number of pyridine rings is 3. The van der Waals surface area contributed by atoms with E-state index in [1.165, 1.54) is 5.56 Å². The monoisotopic (exact) mass is 380 g/mol. The predicted octanol–water partition coefficient (Wildman–Crippen LogP) is 6.19. The third kappa shape index (κ3) is 3.67. The van der Waals surface area contributed by atoms with Crippen LogP contribution in [0.3, 0.4) is 0 Å². The zero-order valence-corrected chi connectivity index (χ0v) is 17.3. The molecule has 0 bridgehead atoms. The van der Waals surface area contributed by atoms with Crippen molar-refractivity contribution in [2.24, 2.45) is 0 Å². The minimum Gasteiger partial charge on any atom is -0.299 e. The molecule has 5 heteroatoms. The van der Waals surface area contributed by atoms with Gasteiger partial charge in [-0.3, -0.25) is 9.38 Å². The van der Waals surface area contributed by atoms with Gasteiger partial charge in [-0.25, -0.2) is 9.97 Å². The highest BCUT2D eigenvalue weighted by Gasteiger charge is 2.14. The zero-order chi connectivity index (χ0) is 19.6. The number of imidazole rings is 1. The molecule has 4 aromatic heterocycles. The maximum Gasteiger partial charge on any atom is 0.145 e. The first-order valence-corrected chi connectivity index (χ1v) is 9.84. The summed E-state index contributed by atoms with van der Waals surface area (Å²) in [5.41, 5.74) is 7.41. The smallest absolute Gasteiger partial charge is 0.145 e. The Morgan fingerprint density at radius 2 is 1.78 bits per heavy atom. The van der Waals surface area contributed by atoms with Crippen LogP contribution in [-0.2, 0) is 6.42 Å². The van der Waals surface area contributed by atoms with Crippen molar-refractivity contribution in [3.8, 4) is 11.1 Å². The topological polar surface area (TPSA) is 43.1 Å². The molecule has 0 spiro atoms. The Morgan fingerprint density at radius 3 is 2.48 bits per heavy atom. The zero-order valence-electron chi connectivity index (χ0n) is 16.5. The fourth-order valence-corrected chi connectivity index (χ4v) is 3.48. The number of aromatic nitrogens is 4. The number of hydrogen-bond donors (Lipinski definition) is 0. The van der Waals surface area contributed by atoms with Gasteiger partial charge in [-0.05, 0) is 38.0 Å². The average molecular weight is 381 g/mol. The first kappa shape index (κ1) is 19.3. The Balaban J connectivity index is 0.00000102.